The molecule has 326 valence electrons. The molecule has 4 aliphatic rings. The lowest BCUT2D eigenvalue weighted by Gasteiger charge is -2.40. The fourth-order valence-corrected chi connectivity index (χ4v) is 11.7. The zero-order valence-electron chi connectivity index (χ0n) is 36.3. The smallest absolute Gasteiger partial charge is 0.407 e. The summed E-state index contributed by atoms with van der Waals surface area (Å²) < 4.78 is 10.7. The second-order valence-electron chi connectivity index (χ2n) is 18.3. The van der Waals surface area contributed by atoms with Gasteiger partial charge in [-0.25, -0.2) is 24.5 Å². The number of carbonyl (C=O) groups excluding carboxylic acids is 4. The van der Waals surface area contributed by atoms with Gasteiger partial charge in [0.1, 0.15) is 34.8 Å². The summed E-state index contributed by atoms with van der Waals surface area (Å²) >= 11 is 1.64. The minimum atomic E-state index is -0.705. The van der Waals surface area contributed by atoms with Gasteiger partial charge in [-0.3, -0.25) is 9.59 Å². The number of rotatable bonds is 11. The Kier molecular flexibility index (Phi) is 10.6. The molecule has 4 amide bonds. The number of thiazole rings is 1. The highest BCUT2D eigenvalue weighted by Gasteiger charge is 2.58. The van der Waals surface area contributed by atoms with Gasteiger partial charge in [-0.05, 0) is 74.7 Å². The van der Waals surface area contributed by atoms with Gasteiger partial charge in [0.2, 0.25) is 11.8 Å². The summed E-state index contributed by atoms with van der Waals surface area (Å²) in [6.45, 7) is 11.0. The van der Waals surface area contributed by atoms with Crippen LogP contribution in [0.15, 0.2) is 48.8 Å². The molecular formula is C46H55N9O6S. The van der Waals surface area contributed by atoms with E-state index >= 15 is 0 Å². The van der Waals surface area contributed by atoms with Gasteiger partial charge >= 0.3 is 12.2 Å². The van der Waals surface area contributed by atoms with Crippen LogP contribution in [0, 0.1) is 30.6 Å². The number of aromatic amines is 2. The normalized spacial score (nSPS) is 23.7. The Morgan fingerprint density at radius 1 is 0.710 bits per heavy atom. The van der Waals surface area contributed by atoms with Crippen molar-refractivity contribution in [2.45, 2.75) is 96.3 Å². The number of likely N-dealkylation sites (tertiary alicyclic amines) is 2. The number of hydrogen-bond donors (Lipinski definition) is 4. The Hall–Kier alpha value is -5.77. The summed E-state index contributed by atoms with van der Waals surface area (Å²) in [7, 11) is 2.61. The maximum Gasteiger partial charge on any atom is 0.407 e. The van der Waals surface area contributed by atoms with Crippen LogP contribution in [0.2, 0.25) is 0 Å². The van der Waals surface area contributed by atoms with Crippen molar-refractivity contribution < 1.29 is 28.7 Å². The number of amides is 4. The average molecular weight is 862 g/mol. The molecule has 3 aromatic heterocycles. The molecule has 4 bridgehead atoms. The SMILES string of the molecule is COC(=O)N[C@H](C(=O)N1C[C@@H]2CC[C@@]1(c1nc(-c3ccc(-c4ccc(-c5c[nH]c([C@@]67CC[C@@H](CN6C(=O)[C@@H](NC(=O)OC)C(C)C)C7)n5)c5sc(C)nc45)cc3)c[nH]1)C2)C(C)C. The lowest BCUT2D eigenvalue weighted by Crippen LogP contribution is -2.56. The molecule has 2 aromatic carbocycles. The predicted octanol–water partition coefficient (Wildman–Crippen LogP) is 7.49. The van der Waals surface area contributed by atoms with E-state index in [4.69, 9.17) is 24.4 Å². The Morgan fingerprint density at radius 3 is 1.69 bits per heavy atom. The van der Waals surface area contributed by atoms with Crippen molar-refractivity contribution >= 4 is 45.6 Å². The Labute approximate surface area is 364 Å². The zero-order valence-corrected chi connectivity index (χ0v) is 37.2. The van der Waals surface area contributed by atoms with Crippen molar-refractivity contribution in [3.8, 4) is 33.6 Å². The number of nitrogens with zero attached hydrogens (tertiary/aromatic N) is 5. The largest absolute Gasteiger partial charge is 0.453 e. The molecule has 16 heteroatoms. The number of fused-ring (bicyclic) bond motifs is 5. The Balaban J connectivity index is 0.965. The number of nitrogens with one attached hydrogen (secondary N) is 4. The predicted molar refractivity (Wildman–Crippen MR) is 235 cm³/mol. The van der Waals surface area contributed by atoms with Crippen molar-refractivity contribution in [3.05, 3.63) is 65.4 Å². The number of ether oxygens (including phenoxy) is 2. The average Bonchev–Trinajstić information content (AvgIpc) is 4.13. The highest BCUT2D eigenvalue weighted by atomic mass is 32.1. The molecule has 2 aliphatic heterocycles. The van der Waals surface area contributed by atoms with E-state index in [9.17, 15) is 19.2 Å². The van der Waals surface area contributed by atoms with Crippen molar-refractivity contribution in [1.82, 2.24) is 45.4 Å². The molecule has 5 heterocycles. The second kappa shape index (κ2) is 15.9. The molecule has 9 rings (SSSR count). The molecule has 15 nitrogen and oxygen atoms in total. The summed E-state index contributed by atoms with van der Waals surface area (Å²) in [5, 5.41) is 6.48. The van der Waals surface area contributed by atoms with E-state index in [1.807, 2.05) is 56.8 Å². The zero-order chi connectivity index (χ0) is 43.7. The first-order chi connectivity index (χ1) is 29.7. The van der Waals surface area contributed by atoms with Crippen LogP contribution in [0.3, 0.4) is 0 Å². The third-order valence-electron chi connectivity index (χ3n) is 13.9. The molecule has 4 fully saturated rings. The van der Waals surface area contributed by atoms with Crippen molar-refractivity contribution in [3.63, 3.8) is 0 Å². The van der Waals surface area contributed by atoms with E-state index < -0.39 is 35.3 Å². The van der Waals surface area contributed by atoms with Crippen molar-refractivity contribution in [1.29, 1.82) is 0 Å². The van der Waals surface area contributed by atoms with Crippen molar-refractivity contribution in [2.75, 3.05) is 27.3 Å². The van der Waals surface area contributed by atoms with Crippen LogP contribution in [-0.2, 0) is 30.1 Å². The maximum absolute atomic E-state index is 14.1. The Morgan fingerprint density at radius 2 is 1.19 bits per heavy atom. The topological polar surface area (TPSA) is 188 Å². The molecule has 5 aromatic rings. The molecule has 2 aliphatic carbocycles. The van der Waals surface area contributed by atoms with Gasteiger partial charge in [0.25, 0.3) is 0 Å². The van der Waals surface area contributed by atoms with Crippen LogP contribution in [-0.4, -0.2) is 98.1 Å². The number of carbonyl (C=O) groups is 4. The third kappa shape index (κ3) is 6.90. The third-order valence-corrected chi connectivity index (χ3v) is 14.9. The molecule has 6 atom stereocenters. The number of alkyl carbamates (subject to hydrolysis) is 2. The molecule has 2 saturated carbocycles. The number of aromatic nitrogens is 5. The molecular weight excluding hydrogens is 807 g/mol. The van der Waals surface area contributed by atoms with Gasteiger partial charge < -0.3 is 39.9 Å². The first-order valence-corrected chi connectivity index (χ1v) is 22.5. The highest BCUT2D eigenvalue weighted by Crippen LogP contribution is 2.54. The van der Waals surface area contributed by atoms with Crippen LogP contribution in [0.5, 0.6) is 0 Å². The number of methoxy groups -OCH3 is 2. The first kappa shape index (κ1) is 41.6. The van der Waals surface area contributed by atoms with Crippen LogP contribution in [0.1, 0.15) is 82.9 Å². The first-order valence-electron chi connectivity index (χ1n) is 21.7. The minimum Gasteiger partial charge on any atom is -0.453 e. The summed E-state index contributed by atoms with van der Waals surface area (Å²) in [6, 6.07) is 11.2. The number of aryl methyl sites for hydroxylation is 1. The number of H-pyrrole nitrogens is 2. The molecule has 62 heavy (non-hydrogen) atoms. The van der Waals surface area contributed by atoms with Gasteiger partial charge in [0, 0.05) is 42.2 Å². The van der Waals surface area contributed by atoms with Gasteiger partial charge in [-0.15, -0.1) is 11.3 Å². The molecule has 0 unspecified atom stereocenters. The van der Waals surface area contributed by atoms with E-state index in [-0.39, 0.29) is 23.7 Å². The molecule has 2 saturated heterocycles. The second-order valence-corrected chi connectivity index (χ2v) is 19.5. The van der Waals surface area contributed by atoms with E-state index in [1.165, 1.54) is 14.2 Å². The van der Waals surface area contributed by atoms with E-state index in [2.05, 4.69) is 57.0 Å². The molecule has 0 spiro atoms. The summed E-state index contributed by atoms with van der Waals surface area (Å²) in [4.78, 5) is 78.6. The van der Waals surface area contributed by atoms with Crippen LogP contribution in [0.25, 0.3) is 43.9 Å². The van der Waals surface area contributed by atoms with E-state index in [0.29, 0.717) is 24.9 Å². The van der Waals surface area contributed by atoms with Crippen molar-refractivity contribution in [2.24, 2.45) is 23.7 Å². The van der Waals surface area contributed by atoms with Gasteiger partial charge in [0.05, 0.1) is 40.8 Å². The fraction of sp³-hybridized carbons (Fsp3) is 0.500. The number of imidazole rings is 2. The highest BCUT2D eigenvalue weighted by molar-refractivity contribution is 7.19. The van der Waals surface area contributed by atoms with Crippen LogP contribution < -0.4 is 10.6 Å². The standard InChI is InChI=1S/C46H55N9O6S/c1-24(2)35(52-43(58)60-6)39(56)54-22-27-14-16-45(54,18-27)41-47-20-33(50-41)30-10-8-29(9-11-30)31-12-13-32(38-37(31)49-26(5)62-38)34-21-48-42(51-34)46-17-15-28(19-46)23-55(46)40(57)36(25(3)4)53-44(59)61-7/h8-13,20-21,24-25,27-28,35-36H,14-19,22-23H2,1-7H3,(H,47,50)(H,48,51)(H,52,58)(H,53,59)/t27-,28-,35+,36+,45+,46+/m1/s1. The summed E-state index contributed by atoms with van der Waals surface area (Å²) in [6.07, 6.45) is 7.93. The molecule has 0 radical (unpaired) electrons. The number of benzene rings is 2. The lowest BCUT2D eigenvalue weighted by molar-refractivity contribution is -0.141. The van der Waals surface area contributed by atoms with Gasteiger partial charge in [0.15, 0.2) is 0 Å². The summed E-state index contributed by atoms with van der Waals surface area (Å²) in [5.41, 5.74) is 5.32. The lowest BCUT2D eigenvalue weighted by atomic mass is 9.93. The fourth-order valence-electron chi connectivity index (χ4n) is 10.7. The minimum absolute atomic E-state index is 0.109. The van der Waals surface area contributed by atoms with Gasteiger partial charge in [-0.2, -0.15) is 0 Å². The number of hydrogen-bond acceptors (Lipinski definition) is 10. The number of piperidine rings is 2. The quantitative estimate of drug-likeness (QED) is 0.104. The van der Waals surface area contributed by atoms with Gasteiger partial charge in [-0.1, -0.05) is 64.1 Å². The molecule has 4 N–H and O–H groups in total. The van der Waals surface area contributed by atoms with E-state index in [1.54, 1.807) is 11.3 Å². The maximum atomic E-state index is 14.1. The van der Waals surface area contributed by atoms with E-state index in [0.717, 1.165) is 99.0 Å². The summed E-state index contributed by atoms with van der Waals surface area (Å²) in [5.74, 6) is 1.85. The van der Waals surface area contributed by atoms with Crippen LogP contribution >= 0.6 is 11.3 Å². The monoisotopic (exact) mass is 861 g/mol. The Bertz CT molecular complexity index is 2550. The van der Waals surface area contributed by atoms with Crippen LogP contribution in [0.4, 0.5) is 9.59 Å².